The molecule has 0 bridgehead atoms. The lowest BCUT2D eigenvalue weighted by Crippen LogP contribution is -2.59. The monoisotopic (exact) mass is 1820 g/mol. The molecular formula is C73H125N8O38P2S+. The van der Waals surface area contributed by atoms with Gasteiger partial charge < -0.3 is 119 Å². The Morgan fingerprint density at radius 2 is 0.811 bits per heavy atom. The third kappa shape index (κ3) is 56.4. The summed E-state index contributed by atoms with van der Waals surface area (Å²) in [5, 5.41) is 94.7. The highest BCUT2D eigenvalue weighted by Crippen LogP contribution is 2.40. The van der Waals surface area contributed by atoms with Crippen molar-refractivity contribution < 1.29 is 183 Å². The minimum atomic E-state index is -2.24. The number of carboxylic acid groups (broad SMARTS) is 9. The minimum Gasteiger partial charge on any atom is -0.480 e. The summed E-state index contributed by atoms with van der Waals surface area (Å²) in [5.41, 5.74) is -3.31. The van der Waals surface area contributed by atoms with Crippen molar-refractivity contribution in [2.24, 2.45) is 0 Å². The van der Waals surface area contributed by atoms with E-state index in [-0.39, 0.29) is 156 Å². The zero-order valence-electron chi connectivity index (χ0n) is 69.8. The maximum absolute atomic E-state index is 14.2. The van der Waals surface area contributed by atoms with Crippen molar-refractivity contribution >= 4 is 118 Å². The maximum atomic E-state index is 14.2. The van der Waals surface area contributed by atoms with Crippen molar-refractivity contribution in [1.82, 2.24) is 40.9 Å². The zero-order valence-corrected chi connectivity index (χ0v) is 72.4. The van der Waals surface area contributed by atoms with Crippen LogP contribution < -0.4 is 21.3 Å². The second-order valence-corrected chi connectivity index (χ2v) is 32.3. The van der Waals surface area contributed by atoms with Crippen LogP contribution in [0.5, 0.6) is 0 Å². The summed E-state index contributed by atoms with van der Waals surface area (Å²) in [7, 11) is -3.17. The molecule has 700 valence electrons. The summed E-state index contributed by atoms with van der Waals surface area (Å²) >= 11 is 1.27. The molecule has 0 radical (unpaired) electrons. The molecule has 49 heteroatoms. The van der Waals surface area contributed by atoms with Crippen LogP contribution in [0.3, 0.4) is 0 Å². The van der Waals surface area contributed by atoms with E-state index in [9.17, 15) is 127 Å². The molecule has 1 rings (SSSR count). The second-order valence-electron chi connectivity index (χ2n) is 29.1. The average Bonchev–Trinajstić information content (AvgIpc) is 1.72. The lowest BCUT2D eigenvalue weighted by atomic mass is 10.0. The molecule has 1 aliphatic heterocycles. The summed E-state index contributed by atoms with van der Waals surface area (Å²) in [5.74, 6) is -16.2. The average molecular weight is 1820 g/mol. The number of carbonyl (C=O) groups excluding carboxylic acids is 6. The van der Waals surface area contributed by atoms with Crippen LogP contribution in [0, 0.1) is 0 Å². The highest BCUT2D eigenvalue weighted by molar-refractivity contribution is 8.00. The molecule has 1 fully saturated rings. The number of nitrogens with one attached hydrogen (secondary N) is 4. The Kier molecular flexibility index (Phi) is 60.1. The Morgan fingerprint density at radius 3 is 1.16 bits per heavy atom. The molecule has 46 nitrogen and oxygen atoms in total. The van der Waals surface area contributed by atoms with E-state index in [2.05, 4.69) is 25.8 Å². The van der Waals surface area contributed by atoms with Crippen molar-refractivity contribution in [3.63, 3.8) is 0 Å². The molecule has 1 aliphatic rings. The fraction of sp³-hybridized carbons (Fsp3) is 0.795. The van der Waals surface area contributed by atoms with E-state index in [1.54, 1.807) is 13.8 Å². The summed E-state index contributed by atoms with van der Waals surface area (Å²) < 4.78 is 78.0. The van der Waals surface area contributed by atoms with E-state index in [0.29, 0.717) is 77.7 Å². The first-order valence-corrected chi connectivity index (χ1v) is 42.9. The Hall–Kier alpha value is -7.51. The maximum Gasteiger partial charge on any atom is 0.697 e. The number of carboxylic acids is 9. The molecule has 1 saturated heterocycles. The van der Waals surface area contributed by atoms with Crippen molar-refractivity contribution in [3.05, 3.63) is 0 Å². The van der Waals surface area contributed by atoms with Gasteiger partial charge in [-0.25, -0.2) is 0 Å². The van der Waals surface area contributed by atoms with E-state index in [4.69, 9.17) is 51.5 Å². The normalized spacial score (nSPS) is 14.7. The molecule has 0 aliphatic carbocycles. The number of rotatable bonds is 82. The Morgan fingerprint density at radius 1 is 0.459 bits per heavy atom. The van der Waals surface area contributed by atoms with Crippen molar-refractivity contribution in [3.8, 4) is 0 Å². The smallest absolute Gasteiger partial charge is 0.480 e. The van der Waals surface area contributed by atoms with Crippen molar-refractivity contribution in [2.45, 2.75) is 183 Å². The second kappa shape index (κ2) is 65.1. The highest BCUT2D eigenvalue weighted by atomic mass is 32.2. The van der Waals surface area contributed by atoms with E-state index >= 15 is 0 Å². The lowest BCUT2D eigenvalue weighted by molar-refractivity contribution is -0.152. The van der Waals surface area contributed by atoms with Gasteiger partial charge in [-0.2, -0.15) is 0 Å². The van der Waals surface area contributed by atoms with Crippen LogP contribution >= 0.6 is 28.6 Å². The molecule has 0 spiro atoms. The minimum absolute atomic E-state index is 0.00769. The summed E-state index contributed by atoms with van der Waals surface area (Å²) in [6, 6.07) is -4.42. The number of imide groups is 1. The number of hydrogen-bond donors (Lipinski definition) is 14. The molecule has 0 saturated carbocycles. The number of amides is 6. The van der Waals surface area contributed by atoms with Crippen LogP contribution in [0.2, 0.25) is 0 Å². The third-order valence-electron chi connectivity index (χ3n) is 17.5. The number of carbonyl (C=O) groups is 15. The Labute approximate surface area is 713 Å². The fourth-order valence-corrected chi connectivity index (χ4v) is 14.2. The van der Waals surface area contributed by atoms with Gasteiger partial charge in [0.15, 0.2) is 0 Å². The SMILES string of the molecule is CO[P+](=O)OC(C)(C)COCCOCCOCCOCCOCCOP(O)OC(C)(C)CCCCCSC1CC(=O)N(CCC(=O)NC(COCCC(=O)NCCCCC(C(=O)O)N(CC(=O)O)CC(=O)O)(COCCC(=O)NCCCCC(C(=O)O)N(CC(=O)O)CC(=O)O)COCCC(=O)NCCCCC(C(=O)O)N(CC(=O)O)CC(=O)O)C1=O. The number of likely N-dealkylation sites (tertiary alicyclic amines) is 1. The predicted molar refractivity (Wildman–Crippen MR) is 427 cm³/mol. The van der Waals surface area contributed by atoms with Gasteiger partial charge in [0.25, 0.3) is 0 Å². The van der Waals surface area contributed by atoms with Crippen molar-refractivity contribution in [1.29, 1.82) is 0 Å². The molecule has 14 N–H and O–H groups in total. The molecule has 1 heterocycles. The van der Waals surface area contributed by atoms with E-state index in [0.717, 1.165) is 19.6 Å². The molecule has 122 heavy (non-hydrogen) atoms. The molecule has 0 aromatic rings. The highest BCUT2D eigenvalue weighted by Gasteiger charge is 2.41. The summed E-state index contributed by atoms with van der Waals surface area (Å²) in [6.45, 7) is 1.97. The number of ether oxygens (including phenoxy) is 8. The molecule has 0 aromatic heterocycles. The topological polar surface area (TPSA) is 647 Å². The first-order chi connectivity index (χ1) is 57.7. The Balaban J connectivity index is 3.12. The van der Waals surface area contributed by atoms with E-state index in [1.165, 1.54) is 18.9 Å². The standard InChI is InChI=1S/C73H124N8O38P2S/c1-71(2,118-121(107)117-39-38-112-35-34-110-31-30-109-32-33-111-36-37-116-48-72(3,4)119-120(106)108-5)22-10-6-14-40-122-55-41-60(86)81(67(55)99)26-18-59(85)77-73(49-113-27-19-56(82)74-23-11-7-15-52(68(100)101)78(42-61(87)88)43-62(89)90,50-114-28-20-57(83)75-24-12-8-16-53(69(102)103)79(44-63(91)92)45-64(93)94)51-115-29-21-58(84)76-25-13-9-17-54(70(104)105)80(46-65(95)96)47-66(97)98/h52-55,107H,6-51H2,1-5H3,(H12-,74,75,76,77,82,83,84,85,87,88,89,90,91,92,93,94,95,96,97,98,100,101,102,103,104,105)/p+1. The number of unbranched alkanes of at least 4 members (excludes halogenated alkanes) is 5. The number of hydrogen-bond acceptors (Lipinski definition) is 33. The fourth-order valence-electron chi connectivity index (χ4n) is 11.7. The van der Waals surface area contributed by atoms with Gasteiger partial charge in [0.2, 0.25) is 35.4 Å². The van der Waals surface area contributed by atoms with Gasteiger partial charge >= 0.3 is 70.6 Å². The third-order valence-corrected chi connectivity index (χ3v) is 20.8. The number of thioether (sulfide) groups is 1. The number of nitrogens with zero attached hydrogens (tertiary/aromatic N) is 4. The van der Waals surface area contributed by atoms with Crippen LogP contribution in [0.4, 0.5) is 0 Å². The molecular weight excluding hydrogens is 1690 g/mol. The van der Waals surface area contributed by atoms with Crippen LogP contribution in [0.25, 0.3) is 0 Å². The first-order valence-electron chi connectivity index (χ1n) is 39.6. The lowest BCUT2D eigenvalue weighted by Gasteiger charge is -2.34. The van der Waals surface area contributed by atoms with Crippen LogP contribution in [-0.2, 0) is 132 Å². The van der Waals surface area contributed by atoms with Crippen molar-refractivity contribution in [2.75, 3.05) is 191 Å². The van der Waals surface area contributed by atoms with Crippen LogP contribution in [-0.4, -0.2) is 390 Å². The molecule has 6 atom stereocenters. The van der Waals surface area contributed by atoms with E-state index < -0.39 is 212 Å². The van der Waals surface area contributed by atoms with Gasteiger partial charge in [-0.05, 0) is 104 Å². The quantitative estimate of drug-likeness (QED) is 0.0227. The summed E-state index contributed by atoms with van der Waals surface area (Å²) in [6.07, 6.45) is 1.32. The van der Waals surface area contributed by atoms with Gasteiger partial charge in [0, 0.05) is 62.8 Å². The zero-order chi connectivity index (χ0) is 91.5. The van der Waals surface area contributed by atoms with Crippen LogP contribution in [0.15, 0.2) is 0 Å². The molecule has 6 unspecified atom stereocenters. The number of aliphatic carboxylic acids is 9. The van der Waals surface area contributed by atoms with E-state index in [1.807, 2.05) is 13.8 Å². The molecule has 6 amide bonds. The van der Waals surface area contributed by atoms with Gasteiger partial charge in [-0.1, -0.05) is 12.8 Å². The van der Waals surface area contributed by atoms with Gasteiger partial charge in [-0.15, -0.1) is 20.8 Å². The largest absolute Gasteiger partial charge is 0.697 e. The van der Waals surface area contributed by atoms with Gasteiger partial charge in [0.05, 0.1) is 170 Å². The molecule has 0 aromatic carbocycles. The first kappa shape index (κ1) is 112. The Bertz CT molecular complexity index is 2970. The summed E-state index contributed by atoms with van der Waals surface area (Å²) in [4.78, 5) is 199. The van der Waals surface area contributed by atoms with Gasteiger partial charge in [0.1, 0.15) is 29.3 Å². The van der Waals surface area contributed by atoms with Crippen LogP contribution in [0.1, 0.15) is 143 Å². The van der Waals surface area contributed by atoms with Gasteiger partial charge in [-0.3, -0.25) is 91.5 Å². The predicted octanol–water partition coefficient (Wildman–Crippen LogP) is 0.718.